The largest absolute Gasteiger partial charge is 0.228 e. The van der Waals surface area contributed by atoms with Crippen LogP contribution >= 0.6 is 0 Å². The van der Waals surface area contributed by atoms with Gasteiger partial charge in [-0.3, -0.25) is 0 Å². The maximum absolute atomic E-state index is 5.27. The summed E-state index contributed by atoms with van der Waals surface area (Å²) in [6, 6.07) is 74.1. The quantitative estimate of drug-likeness (QED) is 0.131. The molecule has 10 aromatic carbocycles. The average Bonchev–Trinajstić information content (AvgIpc) is 3.28. The van der Waals surface area contributed by atoms with E-state index in [4.69, 9.17) is 9.97 Å². The van der Waals surface area contributed by atoms with Crippen LogP contribution in [0.1, 0.15) is 0 Å². The molecule has 0 aliphatic heterocycles. The number of benzene rings is 10. The fourth-order valence-electron chi connectivity index (χ4n) is 8.50. The van der Waals surface area contributed by atoms with Crippen LogP contribution in [-0.2, 0) is 0 Å². The van der Waals surface area contributed by atoms with Gasteiger partial charge in [0.2, 0.25) is 0 Å². The molecule has 0 radical (unpaired) electrons. The second-order valence-electron chi connectivity index (χ2n) is 14.5. The molecular formula is C54H34N2. The van der Waals surface area contributed by atoms with Crippen molar-refractivity contribution in [1.29, 1.82) is 0 Å². The van der Waals surface area contributed by atoms with Gasteiger partial charge < -0.3 is 0 Å². The van der Waals surface area contributed by atoms with Crippen molar-refractivity contribution >= 4 is 53.9 Å². The van der Waals surface area contributed by atoms with E-state index in [1.165, 1.54) is 70.7 Å². The summed E-state index contributed by atoms with van der Waals surface area (Å²) in [4.78, 5) is 10.4. The highest BCUT2D eigenvalue weighted by Crippen LogP contribution is 2.44. The lowest BCUT2D eigenvalue weighted by molar-refractivity contribution is 1.18. The Morgan fingerprint density at radius 3 is 1.62 bits per heavy atom. The zero-order valence-corrected chi connectivity index (χ0v) is 30.5. The Kier molecular flexibility index (Phi) is 7.53. The molecule has 11 aromatic rings. The number of nitrogens with zero attached hydrogens (tertiary/aromatic N) is 2. The molecular weight excluding hydrogens is 677 g/mol. The number of fused-ring (bicyclic) bond motifs is 6. The van der Waals surface area contributed by atoms with E-state index in [-0.39, 0.29) is 0 Å². The monoisotopic (exact) mass is 710 g/mol. The lowest BCUT2D eigenvalue weighted by Crippen LogP contribution is -1.97. The average molecular weight is 711 g/mol. The molecule has 260 valence electrons. The summed E-state index contributed by atoms with van der Waals surface area (Å²) in [6.45, 7) is 0. The van der Waals surface area contributed by atoms with Gasteiger partial charge in [0.25, 0.3) is 0 Å². The maximum Gasteiger partial charge on any atom is 0.160 e. The third kappa shape index (κ3) is 5.42. The Hall–Kier alpha value is -7.42. The van der Waals surface area contributed by atoms with Gasteiger partial charge in [-0.15, -0.1) is 0 Å². The fraction of sp³-hybridized carbons (Fsp3) is 0. The van der Waals surface area contributed by atoms with Crippen molar-refractivity contribution in [2.45, 2.75) is 0 Å². The van der Waals surface area contributed by atoms with E-state index in [1.807, 2.05) is 18.2 Å². The first-order valence-corrected chi connectivity index (χ1v) is 19.1. The Morgan fingerprint density at radius 1 is 0.250 bits per heavy atom. The SMILES string of the molecule is c1ccc(-c2nc(-c3ccc(-c4ccc5ccccc5c4)cc3)cc(-c3ccc(-c4c5ccccc5cc5c4ccc4ccccc45)c4ccccc34)n2)cc1. The summed E-state index contributed by atoms with van der Waals surface area (Å²) < 4.78 is 0. The Balaban J connectivity index is 1.09. The van der Waals surface area contributed by atoms with E-state index in [0.29, 0.717) is 5.82 Å². The highest BCUT2D eigenvalue weighted by Gasteiger charge is 2.18. The highest BCUT2D eigenvalue weighted by atomic mass is 14.9. The van der Waals surface area contributed by atoms with Crippen molar-refractivity contribution in [2.75, 3.05) is 0 Å². The number of rotatable bonds is 5. The third-order valence-corrected chi connectivity index (χ3v) is 11.3. The molecule has 0 fully saturated rings. The molecule has 2 heteroatoms. The molecule has 0 saturated heterocycles. The molecule has 0 aliphatic rings. The van der Waals surface area contributed by atoms with Crippen LogP contribution in [0.15, 0.2) is 206 Å². The molecule has 0 aliphatic carbocycles. The summed E-state index contributed by atoms with van der Waals surface area (Å²) in [6.07, 6.45) is 0. The van der Waals surface area contributed by atoms with Crippen LogP contribution in [0.3, 0.4) is 0 Å². The molecule has 1 heterocycles. The Morgan fingerprint density at radius 2 is 0.821 bits per heavy atom. The van der Waals surface area contributed by atoms with Crippen molar-refractivity contribution in [2.24, 2.45) is 0 Å². The Bertz CT molecular complexity index is 3290. The van der Waals surface area contributed by atoms with Crippen LogP contribution in [0.2, 0.25) is 0 Å². The smallest absolute Gasteiger partial charge is 0.160 e. The van der Waals surface area contributed by atoms with Gasteiger partial charge in [0.15, 0.2) is 5.82 Å². The van der Waals surface area contributed by atoms with E-state index in [1.54, 1.807) is 0 Å². The van der Waals surface area contributed by atoms with E-state index in [2.05, 4.69) is 188 Å². The molecule has 0 amide bonds. The van der Waals surface area contributed by atoms with Crippen molar-refractivity contribution < 1.29 is 0 Å². The fourth-order valence-corrected chi connectivity index (χ4v) is 8.50. The third-order valence-electron chi connectivity index (χ3n) is 11.3. The zero-order valence-electron chi connectivity index (χ0n) is 30.5. The predicted octanol–water partition coefficient (Wildman–Crippen LogP) is 14.6. The van der Waals surface area contributed by atoms with Crippen LogP contribution in [-0.4, -0.2) is 9.97 Å². The molecule has 0 saturated carbocycles. The standard InChI is InChI=1S/C54H34N2/c1-2-14-39(15-3-1)54-55-51(38-25-22-36(23-26-38)41-27-24-35-12-4-5-16-40(35)32-41)34-52(56-54)47-30-31-48(46-21-11-10-20-45(46)47)53-44-19-9-7-17-42(44)33-50-43-18-8-6-13-37(43)28-29-49(50)53/h1-34H. The zero-order chi connectivity index (χ0) is 37.0. The molecule has 0 N–H and O–H groups in total. The van der Waals surface area contributed by atoms with Gasteiger partial charge in [-0.1, -0.05) is 188 Å². The van der Waals surface area contributed by atoms with Gasteiger partial charge in [-0.05, 0) is 94.3 Å². The first-order valence-electron chi connectivity index (χ1n) is 19.1. The topological polar surface area (TPSA) is 25.8 Å². The number of hydrogen-bond acceptors (Lipinski definition) is 2. The second-order valence-corrected chi connectivity index (χ2v) is 14.5. The summed E-state index contributed by atoms with van der Waals surface area (Å²) in [5, 5.41) is 12.3. The summed E-state index contributed by atoms with van der Waals surface area (Å²) in [5.41, 5.74) is 9.73. The van der Waals surface area contributed by atoms with Crippen molar-refractivity contribution in [3.63, 3.8) is 0 Å². The lowest BCUT2D eigenvalue weighted by Gasteiger charge is -2.17. The first kappa shape index (κ1) is 32.0. The van der Waals surface area contributed by atoms with E-state index in [9.17, 15) is 0 Å². The van der Waals surface area contributed by atoms with Crippen molar-refractivity contribution in [1.82, 2.24) is 9.97 Å². The minimum absolute atomic E-state index is 0.705. The molecule has 11 rings (SSSR count). The van der Waals surface area contributed by atoms with Gasteiger partial charge in [0, 0.05) is 16.7 Å². The summed E-state index contributed by atoms with van der Waals surface area (Å²) in [5.74, 6) is 0.705. The first-order chi connectivity index (χ1) is 27.7. The summed E-state index contributed by atoms with van der Waals surface area (Å²) >= 11 is 0. The maximum atomic E-state index is 5.27. The molecule has 0 atom stereocenters. The van der Waals surface area contributed by atoms with Crippen molar-refractivity contribution in [3.8, 4) is 56.2 Å². The minimum Gasteiger partial charge on any atom is -0.228 e. The predicted molar refractivity (Wildman–Crippen MR) is 237 cm³/mol. The van der Waals surface area contributed by atoms with E-state index in [0.717, 1.165) is 33.5 Å². The van der Waals surface area contributed by atoms with Gasteiger partial charge in [0.05, 0.1) is 11.4 Å². The van der Waals surface area contributed by atoms with Gasteiger partial charge in [-0.2, -0.15) is 0 Å². The molecule has 0 unspecified atom stereocenters. The van der Waals surface area contributed by atoms with E-state index >= 15 is 0 Å². The molecule has 0 bridgehead atoms. The van der Waals surface area contributed by atoms with Crippen LogP contribution in [0.25, 0.3) is 110 Å². The van der Waals surface area contributed by atoms with Crippen LogP contribution < -0.4 is 0 Å². The van der Waals surface area contributed by atoms with Gasteiger partial charge in [-0.25, -0.2) is 9.97 Å². The van der Waals surface area contributed by atoms with Crippen molar-refractivity contribution in [3.05, 3.63) is 206 Å². The van der Waals surface area contributed by atoms with Crippen LogP contribution in [0.4, 0.5) is 0 Å². The summed E-state index contributed by atoms with van der Waals surface area (Å²) in [7, 11) is 0. The molecule has 0 spiro atoms. The lowest BCUT2D eigenvalue weighted by atomic mass is 9.86. The Labute approximate surface area is 325 Å². The van der Waals surface area contributed by atoms with Gasteiger partial charge in [0.1, 0.15) is 0 Å². The number of hydrogen-bond donors (Lipinski definition) is 0. The van der Waals surface area contributed by atoms with E-state index < -0.39 is 0 Å². The molecule has 56 heavy (non-hydrogen) atoms. The van der Waals surface area contributed by atoms with Gasteiger partial charge >= 0.3 is 0 Å². The molecule has 2 nitrogen and oxygen atoms in total. The number of aromatic nitrogens is 2. The normalized spacial score (nSPS) is 11.6. The minimum atomic E-state index is 0.705. The van der Waals surface area contributed by atoms with Crippen LogP contribution in [0.5, 0.6) is 0 Å². The second kappa shape index (κ2) is 13.2. The highest BCUT2D eigenvalue weighted by molar-refractivity contribution is 6.23. The molecule has 1 aromatic heterocycles. The van der Waals surface area contributed by atoms with Crippen LogP contribution in [0, 0.1) is 0 Å².